The summed E-state index contributed by atoms with van der Waals surface area (Å²) in [5, 5.41) is 0. The van der Waals surface area contributed by atoms with Crippen molar-refractivity contribution in [2.45, 2.75) is 18.4 Å². The van der Waals surface area contributed by atoms with Crippen molar-refractivity contribution in [3.63, 3.8) is 0 Å². The van der Waals surface area contributed by atoms with Crippen LogP contribution in [0.3, 0.4) is 0 Å². The third-order valence-electron chi connectivity index (χ3n) is 2.38. The maximum Gasteiger partial charge on any atom is 0.330 e. The predicted octanol–water partition coefficient (Wildman–Crippen LogP) is 3.02. The molecule has 0 aliphatic heterocycles. The number of alkyl halides is 4. The molecule has 0 spiro atoms. The molecule has 0 saturated heterocycles. The highest BCUT2D eigenvalue weighted by Crippen LogP contribution is 2.24. The van der Waals surface area contributed by atoms with Crippen molar-refractivity contribution in [2.75, 3.05) is 13.2 Å². The molecule has 1 aromatic carbocycles. The zero-order valence-corrected chi connectivity index (χ0v) is 9.85. The summed E-state index contributed by atoms with van der Waals surface area (Å²) >= 11 is 0. The Bertz CT molecular complexity index is 466. The van der Waals surface area contributed by atoms with Crippen LogP contribution in [-0.2, 0) is 4.74 Å². The highest BCUT2D eigenvalue weighted by molar-refractivity contribution is 5.23. The van der Waals surface area contributed by atoms with Gasteiger partial charge in [-0.05, 0) is 6.07 Å². The molecule has 1 atom stereocenters. The van der Waals surface area contributed by atoms with Gasteiger partial charge in [0, 0.05) is 5.56 Å². The summed E-state index contributed by atoms with van der Waals surface area (Å²) < 4.78 is 91.7. The molecule has 0 aliphatic rings. The van der Waals surface area contributed by atoms with Crippen LogP contribution in [-0.4, -0.2) is 25.6 Å². The van der Waals surface area contributed by atoms with Gasteiger partial charge < -0.3 is 10.5 Å². The van der Waals surface area contributed by atoms with E-state index in [1.807, 2.05) is 0 Å². The first-order chi connectivity index (χ1) is 9.16. The van der Waals surface area contributed by atoms with E-state index in [9.17, 15) is 30.7 Å². The monoisotopic (exact) mass is 305 g/mol. The first kappa shape index (κ1) is 16.7. The largest absolute Gasteiger partial charge is 0.373 e. The van der Waals surface area contributed by atoms with Gasteiger partial charge in [0.25, 0.3) is 0 Å². The van der Waals surface area contributed by atoms with Crippen LogP contribution in [0.2, 0.25) is 0 Å². The van der Waals surface area contributed by atoms with E-state index in [1.54, 1.807) is 0 Å². The Balaban J connectivity index is 2.65. The molecule has 2 N–H and O–H groups in total. The number of rotatable bonds is 6. The minimum atomic E-state index is -4.37. The molecule has 1 unspecified atom stereocenters. The van der Waals surface area contributed by atoms with Gasteiger partial charge in [0.15, 0.2) is 17.5 Å². The number of ether oxygens (including phenoxy) is 1. The van der Waals surface area contributed by atoms with E-state index in [4.69, 9.17) is 5.73 Å². The Morgan fingerprint density at radius 2 is 1.70 bits per heavy atom. The fourth-order valence-electron chi connectivity index (χ4n) is 1.30. The molecule has 0 radical (unpaired) electrons. The van der Waals surface area contributed by atoms with Crippen LogP contribution in [0.25, 0.3) is 0 Å². The van der Waals surface area contributed by atoms with E-state index in [0.29, 0.717) is 6.07 Å². The van der Waals surface area contributed by atoms with E-state index >= 15 is 0 Å². The van der Waals surface area contributed by atoms with Crippen molar-refractivity contribution in [3.05, 3.63) is 35.1 Å². The Labute approximate surface area is 109 Å². The van der Waals surface area contributed by atoms with Crippen LogP contribution in [0, 0.1) is 17.5 Å². The zero-order chi connectivity index (χ0) is 15.5. The third-order valence-corrected chi connectivity index (χ3v) is 2.38. The van der Waals surface area contributed by atoms with Crippen LogP contribution in [0.5, 0.6) is 0 Å². The summed E-state index contributed by atoms with van der Waals surface area (Å²) in [6.45, 7) is -2.38. The Morgan fingerprint density at radius 1 is 1.10 bits per heavy atom. The number of halogens is 7. The molecule has 0 amide bonds. The van der Waals surface area contributed by atoms with E-state index in [-0.39, 0.29) is 0 Å². The van der Waals surface area contributed by atoms with Gasteiger partial charge in [-0.2, -0.15) is 8.78 Å². The van der Waals surface area contributed by atoms with Gasteiger partial charge in [0.1, 0.15) is 6.61 Å². The fourth-order valence-corrected chi connectivity index (χ4v) is 1.30. The molecule has 2 nitrogen and oxygen atoms in total. The lowest BCUT2D eigenvalue weighted by Crippen LogP contribution is -2.33. The lowest BCUT2D eigenvalue weighted by Gasteiger charge is -2.18. The van der Waals surface area contributed by atoms with Crippen LogP contribution >= 0.6 is 0 Å². The molecular formula is C11H10F7NO. The molecule has 0 aromatic heterocycles. The second-order valence-electron chi connectivity index (χ2n) is 3.95. The SMILES string of the molecule is NC(COCC(F)(F)C(F)F)c1ccc(F)c(F)c1F. The molecule has 0 heterocycles. The lowest BCUT2D eigenvalue weighted by atomic mass is 10.1. The minimum Gasteiger partial charge on any atom is -0.373 e. The van der Waals surface area contributed by atoms with Crippen molar-refractivity contribution in [1.29, 1.82) is 0 Å². The summed E-state index contributed by atoms with van der Waals surface area (Å²) in [4.78, 5) is 0. The van der Waals surface area contributed by atoms with Crippen molar-refractivity contribution in [3.8, 4) is 0 Å². The molecule has 1 rings (SSSR count). The number of hydrogen-bond acceptors (Lipinski definition) is 2. The van der Waals surface area contributed by atoms with Gasteiger partial charge in [0.05, 0.1) is 12.6 Å². The summed E-state index contributed by atoms with van der Waals surface area (Å²) in [6.07, 6.45) is -3.92. The molecule has 9 heteroatoms. The Morgan fingerprint density at radius 3 is 2.25 bits per heavy atom. The van der Waals surface area contributed by atoms with E-state index in [1.165, 1.54) is 0 Å². The summed E-state index contributed by atoms with van der Waals surface area (Å²) in [7, 11) is 0. The standard InChI is InChI=1S/C11H10F7NO/c12-6-2-1-5(8(13)9(6)14)7(19)3-20-4-11(17,18)10(15)16/h1-2,7,10H,3-4,19H2. The normalized spacial score (nSPS) is 13.8. The summed E-state index contributed by atoms with van der Waals surface area (Å²) in [5.41, 5.74) is 4.82. The van der Waals surface area contributed by atoms with Crippen molar-refractivity contribution in [2.24, 2.45) is 5.73 Å². The molecule has 114 valence electrons. The van der Waals surface area contributed by atoms with Gasteiger partial charge in [0.2, 0.25) is 0 Å². The third kappa shape index (κ3) is 3.83. The first-order valence-electron chi connectivity index (χ1n) is 5.29. The maximum atomic E-state index is 13.3. The molecule has 0 bridgehead atoms. The van der Waals surface area contributed by atoms with Crippen LogP contribution in [0.15, 0.2) is 12.1 Å². The molecule has 20 heavy (non-hydrogen) atoms. The Hall–Kier alpha value is -1.35. The van der Waals surface area contributed by atoms with Crippen LogP contribution < -0.4 is 5.73 Å². The maximum absolute atomic E-state index is 13.3. The van der Waals surface area contributed by atoms with Gasteiger partial charge in [-0.1, -0.05) is 6.07 Å². The smallest absolute Gasteiger partial charge is 0.330 e. The molecule has 0 saturated carbocycles. The van der Waals surface area contributed by atoms with Gasteiger partial charge in [-0.15, -0.1) is 0 Å². The molecule has 1 aromatic rings. The van der Waals surface area contributed by atoms with Crippen molar-refractivity contribution >= 4 is 0 Å². The first-order valence-corrected chi connectivity index (χ1v) is 5.29. The highest BCUT2D eigenvalue weighted by Gasteiger charge is 2.41. The summed E-state index contributed by atoms with van der Waals surface area (Å²) in [5.74, 6) is -9.16. The molecular weight excluding hydrogens is 295 g/mol. The lowest BCUT2D eigenvalue weighted by molar-refractivity contribution is -0.166. The predicted molar refractivity (Wildman–Crippen MR) is 55.0 cm³/mol. The minimum absolute atomic E-state index is 0.510. The fraction of sp³-hybridized carbons (Fsp3) is 0.455. The van der Waals surface area contributed by atoms with E-state index in [2.05, 4.69) is 4.74 Å². The second-order valence-corrected chi connectivity index (χ2v) is 3.95. The number of benzene rings is 1. The molecule has 0 fully saturated rings. The zero-order valence-electron chi connectivity index (χ0n) is 9.85. The number of hydrogen-bond donors (Lipinski definition) is 1. The number of nitrogens with two attached hydrogens (primary N) is 1. The Kier molecular flexibility index (Phi) is 5.35. The quantitative estimate of drug-likeness (QED) is 0.648. The average molecular weight is 305 g/mol. The van der Waals surface area contributed by atoms with Gasteiger partial charge in [-0.25, -0.2) is 22.0 Å². The molecule has 0 aliphatic carbocycles. The second kappa shape index (κ2) is 6.40. The van der Waals surface area contributed by atoms with Gasteiger partial charge in [-0.3, -0.25) is 0 Å². The van der Waals surface area contributed by atoms with Crippen LogP contribution in [0.1, 0.15) is 11.6 Å². The highest BCUT2D eigenvalue weighted by atomic mass is 19.3. The van der Waals surface area contributed by atoms with E-state index < -0.39 is 54.6 Å². The van der Waals surface area contributed by atoms with Gasteiger partial charge >= 0.3 is 12.3 Å². The van der Waals surface area contributed by atoms with Crippen molar-refractivity contribution in [1.82, 2.24) is 0 Å². The van der Waals surface area contributed by atoms with Crippen LogP contribution in [0.4, 0.5) is 30.7 Å². The van der Waals surface area contributed by atoms with E-state index in [0.717, 1.165) is 6.07 Å². The van der Waals surface area contributed by atoms with Crippen molar-refractivity contribution < 1.29 is 35.5 Å². The topological polar surface area (TPSA) is 35.2 Å². The average Bonchev–Trinajstić information content (AvgIpc) is 2.35. The summed E-state index contributed by atoms with van der Waals surface area (Å²) in [6, 6.07) is 0.00701.